The molecule has 7 rings (SSSR count). The van der Waals surface area contributed by atoms with Gasteiger partial charge in [0.15, 0.2) is 17.2 Å². The number of fused-ring (bicyclic) bond motifs is 2. The Hall–Kier alpha value is -1.79. The van der Waals surface area contributed by atoms with E-state index in [0.29, 0.717) is 29.7 Å². The summed E-state index contributed by atoms with van der Waals surface area (Å²) in [6.07, 6.45) is 8.55. The molecule has 4 saturated carbocycles. The molecule has 35 heavy (non-hydrogen) atoms. The van der Waals surface area contributed by atoms with Crippen molar-refractivity contribution >= 4 is 17.5 Å². The third kappa shape index (κ3) is 2.18. The number of ketones is 2. The second kappa shape index (κ2) is 6.55. The van der Waals surface area contributed by atoms with Crippen molar-refractivity contribution in [2.75, 3.05) is 6.61 Å². The van der Waals surface area contributed by atoms with Gasteiger partial charge in [0.2, 0.25) is 0 Å². The van der Waals surface area contributed by atoms with E-state index in [0.717, 1.165) is 37.7 Å². The van der Waals surface area contributed by atoms with Crippen molar-refractivity contribution < 1.29 is 29.0 Å². The van der Waals surface area contributed by atoms with E-state index in [2.05, 4.69) is 20.8 Å². The summed E-state index contributed by atoms with van der Waals surface area (Å²) >= 11 is 0. The first-order chi connectivity index (χ1) is 16.6. The highest BCUT2D eigenvalue weighted by Crippen LogP contribution is 2.91. The zero-order chi connectivity index (χ0) is 24.7. The zero-order valence-electron chi connectivity index (χ0n) is 21.1. The number of allylic oxidation sites excluding steroid dienone is 1. The number of esters is 1. The van der Waals surface area contributed by atoms with Crippen LogP contribution in [-0.4, -0.2) is 47.1 Å². The molecule has 1 N–H and O–H groups in total. The molecule has 0 aromatic rings. The number of cyclic esters (lactones) is 1. The van der Waals surface area contributed by atoms with Crippen LogP contribution in [0.15, 0.2) is 23.3 Å². The van der Waals surface area contributed by atoms with Crippen LogP contribution in [0.25, 0.3) is 0 Å². The summed E-state index contributed by atoms with van der Waals surface area (Å²) in [6, 6.07) is 0. The topological polar surface area (TPSA) is 93.2 Å². The van der Waals surface area contributed by atoms with Crippen LogP contribution in [0.3, 0.4) is 0 Å². The van der Waals surface area contributed by atoms with Gasteiger partial charge in [-0.25, -0.2) is 4.79 Å². The van der Waals surface area contributed by atoms with Crippen LogP contribution < -0.4 is 0 Å². The van der Waals surface area contributed by atoms with Crippen molar-refractivity contribution in [1.29, 1.82) is 0 Å². The Morgan fingerprint density at radius 2 is 1.86 bits per heavy atom. The van der Waals surface area contributed by atoms with Gasteiger partial charge in [-0.05, 0) is 91.6 Å². The summed E-state index contributed by atoms with van der Waals surface area (Å²) in [5.74, 6) is 1.50. The Morgan fingerprint density at radius 3 is 2.57 bits per heavy atom. The predicted molar refractivity (Wildman–Crippen MR) is 126 cm³/mol. The highest BCUT2D eigenvalue weighted by atomic mass is 16.6. The van der Waals surface area contributed by atoms with Gasteiger partial charge in [0, 0.05) is 6.42 Å². The quantitative estimate of drug-likeness (QED) is 0.490. The van der Waals surface area contributed by atoms with Crippen LogP contribution >= 0.6 is 0 Å². The number of carbonyl (C=O) groups is 3. The van der Waals surface area contributed by atoms with Crippen molar-refractivity contribution in [2.45, 2.75) is 84.0 Å². The second-order valence-corrected chi connectivity index (χ2v) is 13.0. The molecule has 3 spiro atoms. The third-order valence-electron chi connectivity index (χ3n) is 12.6. The van der Waals surface area contributed by atoms with E-state index in [1.54, 1.807) is 6.08 Å². The van der Waals surface area contributed by atoms with Crippen LogP contribution in [0.5, 0.6) is 0 Å². The largest absolute Gasteiger partial charge is 0.458 e. The highest BCUT2D eigenvalue weighted by Gasteiger charge is 2.97. The predicted octanol–water partition coefficient (Wildman–Crippen LogP) is 3.56. The minimum absolute atomic E-state index is 0.0142. The number of aliphatic hydroxyl groups excluding tert-OH is 1. The first-order valence-corrected chi connectivity index (χ1v) is 13.6. The summed E-state index contributed by atoms with van der Waals surface area (Å²) < 4.78 is 12.1. The molecule has 2 aliphatic heterocycles. The Bertz CT molecular complexity index is 1140. The maximum Gasteiger partial charge on any atom is 0.336 e. The van der Waals surface area contributed by atoms with Crippen molar-refractivity contribution in [3.05, 3.63) is 23.3 Å². The van der Waals surface area contributed by atoms with E-state index >= 15 is 0 Å². The zero-order valence-corrected chi connectivity index (χ0v) is 21.1. The van der Waals surface area contributed by atoms with E-state index in [9.17, 15) is 19.5 Å². The van der Waals surface area contributed by atoms with E-state index in [-0.39, 0.29) is 59.0 Å². The lowest BCUT2D eigenvalue weighted by Crippen LogP contribution is -2.56. The van der Waals surface area contributed by atoms with Gasteiger partial charge in [0.05, 0.1) is 23.7 Å². The molecule has 0 bridgehead atoms. The maximum atomic E-state index is 13.5. The van der Waals surface area contributed by atoms with Gasteiger partial charge in [-0.1, -0.05) is 26.3 Å². The standard InChI is InChI=1S/C29H36O6/c1-14-11-21(34-25(33)17(14)13-30)15(2)18-5-6-19-20-12-24-29(35-24)23(32)8-7-22(31)28(29)16(3)27(20,28)10-9-26(18,19)4/h7-8,15-16,18-21,24,30H,5-6,9-13H2,1-4H3. The smallest absolute Gasteiger partial charge is 0.336 e. The van der Waals surface area contributed by atoms with Gasteiger partial charge in [-0.2, -0.15) is 0 Å². The van der Waals surface area contributed by atoms with E-state index in [1.165, 1.54) is 6.08 Å². The maximum absolute atomic E-state index is 13.5. The van der Waals surface area contributed by atoms with Crippen LogP contribution in [0.2, 0.25) is 0 Å². The first kappa shape index (κ1) is 22.4. The van der Waals surface area contributed by atoms with Crippen molar-refractivity contribution in [2.24, 2.45) is 45.8 Å². The van der Waals surface area contributed by atoms with Gasteiger partial charge in [0.25, 0.3) is 0 Å². The lowest BCUT2D eigenvalue weighted by Gasteiger charge is -2.54. The van der Waals surface area contributed by atoms with Crippen LogP contribution in [0.4, 0.5) is 0 Å². The fourth-order valence-corrected chi connectivity index (χ4v) is 11.1. The molecule has 188 valence electrons. The Labute approximate surface area is 206 Å². The average Bonchev–Trinajstić information content (AvgIpc) is 3.63. The Kier molecular flexibility index (Phi) is 4.19. The molecular weight excluding hydrogens is 444 g/mol. The fraction of sp³-hybridized carbons (Fsp3) is 0.759. The molecule has 2 heterocycles. The molecule has 6 heteroatoms. The Balaban J connectivity index is 1.20. The summed E-state index contributed by atoms with van der Waals surface area (Å²) in [5.41, 5.74) is -0.171. The van der Waals surface area contributed by atoms with Gasteiger partial charge >= 0.3 is 5.97 Å². The third-order valence-corrected chi connectivity index (χ3v) is 12.6. The molecule has 6 nitrogen and oxygen atoms in total. The van der Waals surface area contributed by atoms with Gasteiger partial charge < -0.3 is 14.6 Å². The SMILES string of the molecule is CC1=C(CO)C(=O)OC(C(C)C2CCC3C4CC5OC56C(=O)C=CC(=O)C65C(C)C45CCC23C)C1. The number of aliphatic hydroxyl groups is 1. The minimum Gasteiger partial charge on any atom is -0.458 e. The molecule has 0 aromatic carbocycles. The number of hydrogen-bond donors (Lipinski definition) is 1. The van der Waals surface area contributed by atoms with E-state index in [1.807, 2.05) is 6.92 Å². The summed E-state index contributed by atoms with van der Waals surface area (Å²) in [4.78, 5) is 39.1. The molecule has 5 aliphatic carbocycles. The molecule has 0 radical (unpaired) electrons. The van der Waals surface area contributed by atoms with Crippen molar-refractivity contribution in [1.82, 2.24) is 0 Å². The van der Waals surface area contributed by atoms with Crippen LogP contribution in [0, 0.1) is 45.8 Å². The lowest BCUT2D eigenvalue weighted by molar-refractivity contribution is -0.152. The second-order valence-electron chi connectivity index (χ2n) is 13.0. The fourth-order valence-electron chi connectivity index (χ4n) is 11.1. The average molecular weight is 481 g/mol. The van der Waals surface area contributed by atoms with Gasteiger partial charge in [0.1, 0.15) is 6.10 Å². The van der Waals surface area contributed by atoms with Crippen LogP contribution in [-0.2, 0) is 23.9 Å². The van der Waals surface area contributed by atoms with Crippen molar-refractivity contribution in [3.8, 4) is 0 Å². The molecule has 5 fully saturated rings. The number of hydrogen-bond acceptors (Lipinski definition) is 6. The molecular formula is C29H36O6. The highest BCUT2D eigenvalue weighted by molar-refractivity contribution is 6.17. The molecule has 0 aromatic heterocycles. The molecule has 7 aliphatic rings. The van der Waals surface area contributed by atoms with Crippen molar-refractivity contribution in [3.63, 3.8) is 0 Å². The monoisotopic (exact) mass is 480 g/mol. The number of epoxide rings is 1. The van der Waals surface area contributed by atoms with Gasteiger partial charge in [-0.15, -0.1) is 0 Å². The molecule has 11 atom stereocenters. The minimum atomic E-state index is -0.877. The summed E-state index contributed by atoms with van der Waals surface area (Å²) in [6.45, 7) is 8.55. The van der Waals surface area contributed by atoms with E-state index in [4.69, 9.17) is 9.47 Å². The van der Waals surface area contributed by atoms with Crippen LogP contribution in [0.1, 0.15) is 66.2 Å². The number of rotatable bonds is 3. The van der Waals surface area contributed by atoms with Gasteiger partial charge in [-0.3, -0.25) is 9.59 Å². The normalized spacial score (nSPS) is 54.3. The molecule has 0 amide bonds. The molecule has 1 saturated heterocycles. The lowest BCUT2D eigenvalue weighted by atomic mass is 9.49. The Morgan fingerprint density at radius 1 is 1.11 bits per heavy atom. The number of ether oxygens (including phenoxy) is 2. The molecule has 11 unspecified atom stereocenters. The van der Waals surface area contributed by atoms with E-state index < -0.39 is 11.0 Å². The summed E-state index contributed by atoms with van der Waals surface area (Å²) in [7, 11) is 0. The first-order valence-electron chi connectivity index (χ1n) is 13.6. The number of carbonyl (C=O) groups excluding carboxylic acids is 3. The summed E-state index contributed by atoms with van der Waals surface area (Å²) in [5, 5.41) is 9.55.